The lowest BCUT2D eigenvalue weighted by atomic mass is 10.2. The lowest BCUT2D eigenvalue weighted by molar-refractivity contribution is 0.103. The molecular formula is C24H32BrClN7O4PS. The lowest BCUT2D eigenvalue weighted by Crippen LogP contribution is -2.45. The third-order valence-corrected chi connectivity index (χ3v) is 9.25. The summed E-state index contributed by atoms with van der Waals surface area (Å²) in [5.41, 5.74) is 1.45. The zero-order valence-electron chi connectivity index (χ0n) is 22.1. The Balaban J connectivity index is 0.00000420. The summed E-state index contributed by atoms with van der Waals surface area (Å²) in [6, 6.07) is 7.28. The molecule has 0 radical (unpaired) electrons. The molecule has 0 bridgehead atoms. The molecule has 0 atom stereocenters. The van der Waals surface area contributed by atoms with Crippen molar-refractivity contribution < 1.29 is 18.4 Å². The van der Waals surface area contributed by atoms with Crippen LogP contribution in [-0.4, -0.2) is 64.9 Å². The summed E-state index contributed by atoms with van der Waals surface area (Å²) < 4.78 is 25.8. The molecule has 15 heteroatoms. The fourth-order valence-corrected chi connectivity index (χ4v) is 6.70. The lowest BCUT2D eigenvalue weighted by Gasteiger charge is -2.37. The number of rotatable bonds is 10. The highest BCUT2D eigenvalue weighted by molar-refractivity contribution is 8.93. The minimum Gasteiger partial charge on any atom is -0.354 e. The van der Waals surface area contributed by atoms with Gasteiger partial charge in [0.15, 0.2) is 5.13 Å². The van der Waals surface area contributed by atoms with Gasteiger partial charge >= 0.3 is 7.75 Å². The monoisotopic (exact) mass is 659 g/mol. The first kappa shape index (κ1) is 31.4. The number of nitrogens with zero attached hydrogens (tertiary/aromatic N) is 5. The largest absolute Gasteiger partial charge is 0.408 e. The summed E-state index contributed by atoms with van der Waals surface area (Å²) in [5, 5.41) is 7.04. The summed E-state index contributed by atoms with van der Waals surface area (Å²) in [7, 11) is -3.30. The first-order chi connectivity index (χ1) is 18.2. The Morgan fingerprint density at radius 2 is 1.82 bits per heavy atom. The van der Waals surface area contributed by atoms with E-state index in [9.17, 15) is 9.36 Å². The van der Waals surface area contributed by atoms with Gasteiger partial charge < -0.3 is 15.5 Å². The van der Waals surface area contributed by atoms with E-state index in [1.807, 2.05) is 32.0 Å². The number of hydrogen-bond donors (Lipinski definition) is 2. The van der Waals surface area contributed by atoms with Gasteiger partial charge in [0, 0.05) is 32.2 Å². The van der Waals surface area contributed by atoms with Crippen molar-refractivity contribution >= 4 is 76.0 Å². The second kappa shape index (κ2) is 14.0. The van der Waals surface area contributed by atoms with E-state index in [2.05, 4.69) is 30.5 Å². The molecule has 1 aliphatic heterocycles. The van der Waals surface area contributed by atoms with Gasteiger partial charge in [-0.25, -0.2) is 24.2 Å². The molecule has 2 N–H and O–H groups in total. The second-order valence-corrected chi connectivity index (χ2v) is 11.9. The Labute approximate surface area is 247 Å². The molecule has 1 aliphatic rings. The van der Waals surface area contributed by atoms with Gasteiger partial charge in [0.25, 0.3) is 5.91 Å². The van der Waals surface area contributed by atoms with Crippen LogP contribution < -0.4 is 15.5 Å². The molecule has 0 unspecified atom stereocenters. The first-order valence-electron chi connectivity index (χ1n) is 12.3. The molecule has 1 saturated heterocycles. The van der Waals surface area contributed by atoms with Gasteiger partial charge in [0.05, 0.1) is 30.1 Å². The number of carbonyl (C=O) groups excluding carboxylic acids is 1. The van der Waals surface area contributed by atoms with Crippen LogP contribution in [0.4, 0.5) is 22.5 Å². The van der Waals surface area contributed by atoms with Crippen LogP contribution in [-0.2, 0) is 13.6 Å². The van der Waals surface area contributed by atoms with Gasteiger partial charge in [-0.1, -0.05) is 35.1 Å². The molecule has 4 rings (SSSR count). The van der Waals surface area contributed by atoms with Crippen molar-refractivity contribution in [2.45, 2.75) is 27.7 Å². The Morgan fingerprint density at radius 3 is 2.46 bits per heavy atom. The van der Waals surface area contributed by atoms with E-state index in [1.54, 1.807) is 24.6 Å². The quantitative estimate of drug-likeness (QED) is 0.248. The van der Waals surface area contributed by atoms with Gasteiger partial charge in [-0.2, -0.15) is 0 Å². The normalized spacial score (nSPS) is 14.1. The Hall–Kier alpha value is -2.12. The number of piperazine rings is 1. The number of benzene rings is 1. The number of thiazole rings is 1. The number of aryl methyl sites for hydroxylation is 2. The van der Waals surface area contributed by atoms with Crippen molar-refractivity contribution in [2.24, 2.45) is 0 Å². The van der Waals surface area contributed by atoms with Crippen LogP contribution in [0.5, 0.6) is 0 Å². The highest BCUT2D eigenvalue weighted by atomic mass is 79.9. The average Bonchev–Trinajstić information content (AvgIpc) is 3.35. The van der Waals surface area contributed by atoms with Crippen LogP contribution >= 0.6 is 47.7 Å². The SMILES string of the molecule is Br.CCOP(=O)(OCC)N1CCN(c2cc(Nc3ncc(C(=O)Nc4c(C)cccc4Cl)s3)nc(C)n2)CC1. The molecule has 0 aliphatic carbocycles. The number of hydrogen-bond acceptors (Lipinski definition) is 10. The molecule has 3 aromatic rings. The number of para-hydroxylation sites is 1. The third-order valence-electron chi connectivity index (χ3n) is 5.76. The first-order valence-corrected chi connectivity index (χ1v) is 15.0. The van der Waals surface area contributed by atoms with E-state index in [4.69, 9.17) is 20.6 Å². The zero-order valence-corrected chi connectivity index (χ0v) is 26.3. The molecular weight excluding hydrogens is 629 g/mol. The van der Waals surface area contributed by atoms with Crippen LogP contribution in [0.2, 0.25) is 5.02 Å². The predicted molar refractivity (Wildman–Crippen MR) is 161 cm³/mol. The van der Waals surface area contributed by atoms with E-state index >= 15 is 0 Å². The van der Waals surface area contributed by atoms with Gasteiger partial charge in [-0.05, 0) is 39.3 Å². The van der Waals surface area contributed by atoms with Crippen LogP contribution in [0.25, 0.3) is 0 Å². The number of halogens is 2. The van der Waals surface area contributed by atoms with Crippen molar-refractivity contribution in [1.82, 2.24) is 19.6 Å². The summed E-state index contributed by atoms with van der Waals surface area (Å²) in [6.45, 7) is 10.2. The van der Waals surface area contributed by atoms with Gasteiger partial charge in [0.1, 0.15) is 22.3 Å². The highest BCUT2D eigenvalue weighted by Crippen LogP contribution is 2.52. The van der Waals surface area contributed by atoms with E-state index in [1.165, 1.54) is 17.5 Å². The number of anilines is 4. The molecule has 39 heavy (non-hydrogen) atoms. The van der Waals surface area contributed by atoms with Crippen LogP contribution in [0, 0.1) is 13.8 Å². The zero-order chi connectivity index (χ0) is 27.3. The maximum atomic E-state index is 13.1. The van der Waals surface area contributed by atoms with Crippen molar-refractivity contribution in [3.8, 4) is 0 Å². The average molecular weight is 661 g/mol. The minimum atomic E-state index is -3.30. The van der Waals surface area contributed by atoms with E-state index in [0.717, 1.165) is 11.4 Å². The fourth-order valence-electron chi connectivity index (χ4n) is 3.99. The summed E-state index contributed by atoms with van der Waals surface area (Å²) in [4.78, 5) is 28.7. The van der Waals surface area contributed by atoms with Gasteiger partial charge in [0.2, 0.25) is 0 Å². The van der Waals surface area contributed by atoms with E-state index in [0.29, 0.717) is 71.8 Å². The molecule has 1 fully saturated rings. The predicted octanol–water partition coefficient (Wildman–Crippen LogP) is 6.08. The smallest absolute Gasteiger partial charge is 0.354 e. The molecule has 3 heterocycles. The maximum Gasteiger partial charge on any atom is 0.408 e. The van der Waals surface area contributed by atoms with Gasteiger partial charge in [-0.3, -0.25) is 13.8 Å². The summed E-state index contributed by atoms with van der Waals surface area (Å²) in [6.07, 6.45) is 1.51. The van der Waals surface area contributed by atoms with Crippen LogP contribution in [0.3, 0.4) is 0 Å². The Morgan fingerprint density at radius 1 is 1.13 bits per heavy atom. The molecule has 1 amide bonds. The molecule has 2 aromatic heterocycles. The molecule has 0 spiro atoms. The second-order valence-electron chi connectivity index (χ2n) is 8.44. The van der Waals surface area contributed by atoms with Gasteiger partial charge in [-0.15, -0.1) is 17.0 Å². The molecule has 212 valence electrons. The van der Waals surface area contributed by atoms with E-state index < -0.39 is 7.75 Å². The summed E-state index contributed by atoms with van der Waals surface area (Å²) >= 11 is 7.45. The molecule has 0 saturated carbocycles. The maximum absolute atomic E-state index is 13.1. The fraction of sp³-hybridized carbons (Fsp3) is 0.417. The topological polar surface area (TPSA) is 122 Å². The highest BCUT2D eigenvalue weighted by Gasteiger charge is 2.35. The third kappa shape index (κ3) is 7.75. The number of amides is 1. The van der Waals surface area contributed by atoms with Crippen molar-refractivity contribution in [2.75, 3.05) is 54.9 Å². The Bertz CT molecular complexity index is 1310. The number of nitrogens with one attached hydrogen (secondary N) is 2. The molecule has 11 nitrogen and oxygen atoms in total. The molecule has 1 aromatic carbocycles. The number of aromatic nitrogens is 3. The van der Waals surface area contributed by atoms with E-state index in [-0.39, 0.29) is 22.9 Å². The Kier molecular flexibility index (Phi) is 11.3. The van der Waals surface area contributed by atoms with Crippen molar-refractivity contribution in [1.29, 1.82) is 0 Å². The minimum absolute atomic E-state index is 0. The van der Waals surface area contributed by atoms with Crippen LogP contribution in [0.15, 0.2) is 30.5 Å². The number of carbonyl (C=O) groups is 1. The van der Waals surface area contributed by atoms with Crippen molar-refractivity contribution in [3.05, 3.63) is 51.7 Å². The standard InChI is InChI=1S/C24H31ClN7O4PS.BrH/c1-5-35-37(34,36-6-2)32-12-10-31(11-13-32)21-14-20(27-17(4)28-21)29-24-26-15-19(38-24)23(33)30-22-16(3)8-7-9-18(22)25;/h7-9,14-15H,5-6,10-13H2,1-4H3,(H,30,33)(H,26,27,28,29);1H. The summed E-state index contributed by atoms with van der Waals surface area (Å²) in [5.74, 6) is 1.60. The van der Waals surface area contributed by atoms with Crippen molar-refractivity contribution in [3.63, 3.8) is 0 Å². The van der Waals surface area contributed by atoms with Crippen LogP contribution in [0.1, 0.15) is 34.9 Å².